The van der Waals surface area contributed by atoms with Crippen LogP contribution in [0.5, 0.6) is 0 Å². The van der Waals surface area contributed by atoms with Crippen LogP contribution in [0.25, 0.3) is 0 Å². The quantitative estimate of drug-likeness (QED) is 0.607. The lowest BCUT2D eigenvalue weighted by molar-refractivity contribution is -0.136. The van der Waals surface area contributed by atoms with E-state index < -0.39 is 17.8 Å². The number of carboxylic acid groups (broad SMARTS) is 1. The number of β-amino-alcohol motifs (C(OH)–C–C–N with tert-alkyl or cyclic N) is 1. The van der Waals surface area contributed by atoms with E-state index in [0.29, 0.717) is 10.2 Å². The van der Waals surface area contributed by atoms with Crippen LogP contribution in [-0.4, -0.2) is 59.8 Å². The maximum atomic E-state index is 12.4. The highest BCUT2D eigenvalue weighted by Crippen LogP contribution is 2.28. The minimum atomic E-state index is -1.12. The fourth-order valence-electron chi connectivity index (χ4n) is 2.24. The highest BCUT2D eigenvalue weighted by molar-refractivity contribution is 9.10. The van der Waals surface area contributed by atoms with Gasteiger partial charge in [0.1, 0.15) is 5.70 Å². The fraction of sp³-hybridized carbons (Fsp3) is 0.267. The number of halogens is 1. The highest BCUT2D eigenvalue weighted by atomic mass is 79.9. The summed E-state index contributed by atoms with van der Waals surface area (Å²) in [6, 6.07) is 4.27. The Bertz CT molecular complexity index is 731. The van der Waals surface area contributed by atoms with Crippen molar-refractivity contribution in [1.82, 2.24) is 4.90 Å². The molecule has 0 radical (unpaired) electrons. The largest absolute Gasteiger partial charge is 0.478 e. The number of rotatable bonds is 6. The molecule has 1 aromatic carbocycles. The number of anilines is 1. The Labute approximate surface area is 145 Å². The maximum Gasteiger partial charge on any atom is 0.337 e. The van der Waals surface area contributed by atoms with Crippen LogP contribution in [-0.2, 0) is 14.3 Å². The van der Waals surface area contributed by atoms with Crippen molar-refractivity contribution in [3.05, 3.63) is 39.5 Å². The van der Waals surface area contributed by atoms with Crippen molar-refractivity contribution in [3.63, 3.8) is 0 Å². The van der Waals surface area contributed by atoms with Crippen LogP contribution in [0.3, 0.4) is 0 Å². The molecule has 9 heteroatoms. The van der Waals surface area contributed by atoms with Crippen molar-refractivity contribution in [2.24, 2.45) is 0 Å². The molecule has 0 aliphatic carbocycles. The van der Waals surface area contributed by atoms with Gasteiger partial charge in [0.2, 0.25) is 0 Å². The van der Waals surface area contributed by atoms with Crippen LogP contribution >= 0.6 is 15.9 Å². The minimum Gasteiger partial charge on any atom is -0.478 e. The number of carboxylic acids is 1. The number of aliphatic hydroxyl groups excluding tert-OH is 1. The Hall–Kier alpha value is -2.39. The molecule has 8 nitrogen and oxygen atoms in total. The zero-order valence-corrected chi connectivity index (χ0v) is 14.3. The van der Waals surface area contributed by atoms with Gasteiger partial charge in [0.05, 0.1) is 37.1 Å². The summed E-state index contributed by atoms with van der Waals surface area (Å²) in [7, 11) is 1.20. The number of nitrogens with one attached hydrogen (secondary N) is 1. The van der Waals surface area contributed by atoms with Crippen LogP contribution < -0.4 is 5.32 Å². The lowest BCUT2D eigenvalue weighted by Gasteiger charge is -2.15. The lowest BCUT2D eigenvalue weighted by atomic mass is 10.2. The molecule has 1 aliphatic rings. The molecule has 0 unspecified atom stereocenters. The Morgan fingerprint density at radius 3 is 2.71 bits per heavy atom. The zero-order valence-electron chi connectivity index (χ0n) is 12.7. The van der Waals surface area contributed by atoms with E-state index in [9.17, 15) is 14.4 Å². The number of methoxy groups -OCH3 is 1. The standard InChI is InChI=1S/C15H15BrN2O6/c1-24-15(23)9-7-18(4-5-19)13(20)12(9)17-11-6-8(14(21)22)2-3-10(11)16/h2-3,6,17,19H,4-5,7H2,1H3,(H,21,22). The van der Waals surface area contributed by atoms with Crippen molar-refractivity contribution in [2.75, 3.05) is 32.1 Å². The van der Waals surface area contributed by atoms with E-state index in [1.807, 2.05) is 0 Å². The van der Waals surface area contributed by atoms with Crippen LogP contribution in [0.1, 0.15) is 10.4 Å². The van der Waals surface area contributed by atoms with Crippen molar-refractivity contribution in [1.29, 1.82) is 0 Å². The predicted octanol–water partition coefficient (Wildman–Crippen LogP) is 0.821. The SMILES string of the molecule is COC(=O)C1=C(Nc2cc(C(=O)O)ccc2Br)C(=O)N(CCO)C1. The molecule has 2 rings (SSSR count). The first-order chi connectivity index (χ1) is 11.4. The Balaban J connectivity index is 2.40. The fourth-order valence-corrected chi connectivity index (χ4v) is 2.58. The first-order valence-electron chi connectivity index (χ1n) is 6.90. The van der Waals surface area contributed by atoms with Crippen molar-refractivity contribution >= 4 is 39.5 Å². The van der Waals surface area contributed by atoms with Gasteiger partial charge in [0.15, 0.2) is 0 Å². The van der Waals surface area contributed by atoms with Gasteiger partial charge in [0.25, 0.3) is 5.91 Å². The van der Waals surface area contributed by atoms with E-state index in [2.05, 4.69) is 26.0 Å². The van der Waals surface area contributed by atoms with Gasteiger partial charge in [-0.05, 0) is 34.1 Å². The molecule has 24 heavy (non-hydrogen) atoms. The van der Waals surface area contributed by atoms with Crippen molar-refractivity contribution in [3.8, 4) is 0 Å². The molecule has 0 saturated heterocycles. The molecule has 0 aromatic heterocycles. The second kappa shape index (κ2) is 7.45. The first kappa shape index (κ1) is 18.0. The van der Waals surface area contributed by atoms with Crippen LogP contribution in [0, 0.1) is 0 Å². The van der Waals surface area contributed by atoms with Crippen molar-refractivity contribution in [2.45, 2.75) is 0 Å². The van der Waals surface area contributed by atoms with Gasteiger partial charge >= 0.3 is 11.9 Å². The monoisotopic (exact) mass is 398 g/mol. The smallest absolute Gasteiger partial charge is 0.337 e. The normalized spacial score (nSPS) is 14.1. The molecule has 0 saturated carbocycles. The second-order valence-electron chi connectivity index (χ2n) is 4.92. The van der Waals surface area contributed by atoms with E-state index in [1.165, 1.54) is 30.2 Å². The molecule has 128 valence electrons. The molecule has 0 bridgehead atoms. The van der Waals surface area contributed by atoms with Crippen molar-refractivity contribution < 1.29 is 29.3 Å². The summed E-state index contributed by atoms with van der Waals surface area (Å²) in [5.74, 6) is -2.26. The third kappa shape index (κ3) is 3.57. The molecular formula is C15H15BrN2O6. The number of nitrogens with zero attached hydrogens (tertiary/aromatic N) is 1. The number of esters is 1. The van der Waals surface area contributed by atoms with Gasteiger partial charge in [-0.2, -0.15) is 0 Å². The van der Waals surface area contributed by atoms with Gasteiger partial charge in [-0.15, -0.1) is 0 Å². The van der Waals surface area contributed by atoms with E-state index in [0.717, 1.165) is 0 Å². The number of aliphatic hydroxyl groups is 1. The summed E-state index contributed by atoms with van der Waals surface area (Å²) in [6.45, 7) is -0.169. The van der Waals surface area contributed by atoms with Gasteiger partial charge in [-0.1, -0.05) is 0 Å². The Morgan fingerprint density at radius 2 is 2.12 bits per heavy atom. The summed E-state index contributed by atoms with van der Waals surface area (Å²) >= 11 is 3.27. The number of hydrogen-bond acceptors (Lipinski definition) is 6. The molecule has 0 spiro atoms. The second-order valence-corrected chi connectivity index (χ2v) is 5.77. The number of benzene rings is 1. The summed E-state index contributed by atoms with van der Waals surface area (Å²) < 4.78 is 5.21. The van der Waals surface area contributed by atoms with E-state index in [-0.39, 0.29) is 36.5 Å². The van der Waals surface area contributed by atoms with Gasteiger partial charge in [-0.3, -0.25) is 4.79 Å². The predicted molar refractivity (Wildman–Crippen MR) is 87.4 cm³/mol. The molecular weight excluding hydrogens is 384 g/mol. The van der Waals surface area contributed by atoms with E-state index in [1.54, 1.807) is 0 Å². The van der Waals surface area contributed by atoms with Crippen LogP contribution in [0.2, 0.25) is 0 Å². The molecule has 1 amide bonds. The summed E-state index contributed by atoms with van der Waals surface area (Å²) in [5, 5.41) is 20.9. The topological polar surface area (TPSA) is 116 Å². The Kier molecular flexibility index (Phi) is 5.58. The van der Waals surface area contributed by atoms with Gasteiger partial charge in [-0.25, -0.2) is 9.59 Å². The van der Waals surface area contributed by atoms with Gasteiger partial charge < -0.3 is 25.2 Å². The average molecular weight is 399 g/mol. The third-order valence-electron chi connectivity index (χ3n) is 3.43. The lowest BCUT2D eigenvalue weighted by Crippen LogP contribution is -2.31. The molecule has 1 aliphatic heterocycles. The first-order valence-corrected chi connectivity index (χ1v) is 7.69. The highest BCUT2D eigenvalue weighted by Gasteiger charge is 2.34. The number of aromatic carboxylic acids is 1. The maximum absolute atomic E-state index is 12.4. The third-order valence-corrected chi connectivity index (χ3v) is 4.12. The number of hydrogen-bond donors (Lipinski definition) is 3. The molecule has 1 aromatic rings. The van der Waals surface area contributed by atoms with Gasteiger partial charge in [0, 0.05) is 11.0 Å². The van der Waals surface area contributed by atoms with E-state index >= 15 is 0 Å². The van der Waals surface area contributed by atoms with Crippen LogP contribution in [0.4, 0.5) is 5.69 Å². The summed E-state index contributed by atoms with van der Waals surface area (Å²) in [5.41, 5.74) is 0.464. The minimum absolute atomic E-state index is 0.00135. The summed E-state index contributed by atoms with van der Waals surface area (Å²) in [6.07, 6.45) is 0. The Morgan fingerprint density at radius 1 is 1.42 bits per heavy atom. The number of carbonyl (C=O) groups excluding carboxylic acids is 2. The zero-order chi connectivity index (χ0) is 17.9. The average Bonchev–Trinajstić information content (AvgIpc) is 2.85. The van der Waals surface area contributed by atoms with Crippen LogP contribution in [0.15, 0.2) is 33.9 Å². The van der Waals surface area contributed by atoms with E-state index in [4.69, 9.17) is 10.2 Å². The molecule has 0 fully saturated rings. The number of carbonyl (C=O) groups is 3. The molecule has 0 atom stereocenters. The number of amides is 1. The number of ether oxygens (including phenoxy) is 1. The molecule has 1 heterocycles. The molecule has 3 N–H and O–H groups in total. The summed E-state index contributed by atoms with van der Waals surface area (Å²) in [4.78, 5) is 36.7.